The topological polar surface area (TPSA) is 15.3 Å². The summed E-state index contributed by atoms with van der Waals surface area (Å²) in [6.45, 7) is 11.2. The summed E-state index contributed by atoms with van der Waals surface area (Å²) in [5, 5.41) is 4.30. The van der Waals surface area contributed by atoms with Crippen molar-refractivity contribution in [1.82, 2.24) is 5.32 Å². The number of hydrogen-bond acceptors (Lipinski definition) is 3. The Bertz CT molecular complexity index is 388. The molecule has 20 heavy (non-hydrogen) atoms. The van der Waals surface area contributed by atoms with Crippen LogP contribution in [0.2, 0.25) is 0 Å². The molecule has 1 aliphatic rings. The Morgan fingerprint density at radius 2 is 2.05 bits per heavy atom. The smallest absolute Gasteiger partial charge is 0.0367 e. The lowest BCUT2D eigenvalue weighted by Crippen LogP contribution is -2.37. The zero-order valence-electron chi connectivity index (χ0n) is 13.1. The summed E-state index contributed by atoms with van der Waals surface area (Å²) in [5.41, 5.74) is 2.77. The summed E-state index contributed by atoms with van der Waals surface area (Å²) in [6, 6.07) is 9.11. The van der Waals surface area contributed by atoms with Gasteiger partial charge in [0.2, 0.25) is 0 Å². The molecule has 3 heteroatoms. The van der Waals surface area contributed by atoms with E-state index >= 15 is 0 Å². The van der Waals surface area contributed by atoms with E-state index in [1.165, 1.54) is 36.5 Å². The second-order valence-corrected chi connectivity index (χ2v) is 7.45. The molecule has 2 nitrogen and oxygen atoms in total. The number of nitrogens with one attached hydrogen (secondary N) is 1. The lowest BCUT2D eigenvalue weighted by Gasteiger charge is -2.33. The lowest BCUT2D eigenvalue weighted by molar-refractivity contribution is 0.552. The van der Waals surface area contributed by atoms with E-state index in [1.54, 1.807) is 0 Å². The minimum absolute atomic E-state index is 0.714. The van der Waals surface area contributed by atoms with Crippen molar-refractivity contribution < 1.29 is 0 Å². The van der Waals surface area contributed by atoms with Crippen LogP contribution in [-0.2, 0) is 6.54 Å². The van der Waals surface area contributed by atoms with E-state index in [-0.39, 0.29) is 0 Å². The predicted molar refractivity (Wildman–Crippen MR) is 91.7 cm³/mol. The van der Waals surface area contributed by atoms with Crippen molar-refractivity contribution in [3.63, 3.8) is 0 Å². The van der Waals surface area contributed by atoms with Crippen LogP contribution in [0.4, 0.5) is 5.69 Å². The Morgan fingerprint density at radius 1 is 1.30 bits per heavy atom. The maximum absolute atomic E-state index is 3.50. The molecular weight excluding hydrogens is 264 g/mol. The van der Waals surface area contributed by atoms with Crippen LogP contribution in [0.1, 0.15) is 32.8 Å². The second-order valence-electron chi connectivity index (χ2n) is 6.04. The van der Waals surface area contributed by atoms with Gasteiger partial charge in [0, 0.05) is 36.3 Å². The molecular formula is C17H28N2S. The molecule has 0 aliphatic carbocycles. The Morgan fingerprint density at radius 3 is 2.70 bits per heavy atom. The van der Waals surface area contributed by atoms with Crippen molar-refractivity contribution in [2.45, 2.75) is 39.0 Å². The first-order chi connectivity index (χ1) is 9.69. The van der Waals surface area contributed by atoms with E-state index in [0.29, 0.717) is 5.92 Å². The Labute approximate surface area is 128 Å². The van der Waals surface area contributed by atoms with Crippen LogP contribution in [0.25, 0.3) is 0 Å². The van der Waals surface area contributed by atoms with Crippen molar-refractivity contribution in [3.05, 3.63) is 29.8 Å². The maximum Gasteiger partial charge on any atom is 0.0367 e. The first-order valence-corrected chi connectivity index (χ1v) is 8.90. The molecule has 2 rings (SSSR count). The van der Waals surface area contributed by atoms with Gasteiger partial charge in [0.1, 0.15) is 0 Å². The molecule has 0 aromatic heterocycles. The van der Waals surface area contributed by atoms with Gasteiger partial charge in [0.05, 0.1) is 0 Å². The van der Waals surface area contributed by atoms with Crippen molar-refractivity contribution in [3.8, 4) is 0 Å². The molecule has 1 aliphatic heterocycles. The van der Waals surface area contributed by atoms with Crippen LogP contribution in [0.5, 0.6) is 0 Å². The molecule has 1 aromatic carbocycles. The summed E-state index contributed by atoms with van der Waals surface area (Å²) >= 11 is 2.13. The minimum atomic E-state index is 0.714. The van der Waals surface area contributed by atoms with E-state index in [4.69, 9.17) is 0 Å². The number of benzene rings is 1. The molecule has 0 spiro atoms. The highest BCUT2D eigenvalue weighted by molar-refractivity contribution is 8.00. The first-order valence-electron chi connectivity index (χ1n) is 7.85. The van der Waals surface area contributed by atoms with Crippen molar-refractivity contribution >= 4 is 17.4 Å². The van der Waals surface area contributed by atoms with Crippen LogP contribution in [-0.4, -0.2) is 30.6 Å². The van der Waals surface area contributed by atoms with E-state index in [1.807, 2.05) is 0 Å². The minimum Gasteiger partial charge on any atom is -0.370 e. The zero-order valence-corrected chi connectivity index (χ0v) is 13.9. The molecule has 0 radical (unpaired) electrons. The summed E-state index contributed by atoms with van der Waals surface area (Å²) in [4.78, 5) is 2.54. The largest absolute Gasteiger partial charge is 0.370 e. The van der Waals surface area contributed by atoms with Gasteiger partial charge in [-0.15, -0.1) is 0 Å². The number of rotatable bonds is 6. The van der Waals surface area contributed by atoms with Gasteiger partial charge in [-0.3, -0.25) is 0 Å². The monoisotopic (exact) mass is 292 g/mol. The fourth-order valence-electron chi connectivity index (χ4n) is 2.53. The zero-order chi connectivity index (χ0) is 14.4. The molecule has 1 saturated heterocycles. The fourth-order valence-corrected chi connectivity index (χ4v) is 3.71. The van der Waals surface area contributed by atoms with Gasteiger partial charge in [-0.2, -0.15) is 11.8 Å². The standard InChI is InChI=1S/C17H28N2S/c1-4-17-13-19(9-10-20-17)16-7-5-15(6-8-16)12-18-11-14(2)3/h5-8,14,17-18H,4,9-13H2,1-3H3. The van der Waals surface area contributed by atoms with E-state index < -0.39 is 0 Å². The number of thioether (sulfide) groups is 1. The Hall–Kier alpha value is -0.670. The van der Waals surface area contributed by atoms with Crippen molar-refractivity contribution in [2.75, 3.05) is 30.3 Å². The maximum atomic E-state index is 3.50. The highest BCUT2D eigenvalue weighted by Gasteiger charge is 2.18. The lowest BCUT2D eigenvalue weighted by atomic mass is 10.1. The molecule has 112 valence electrons. The summed E-state index contributed by atoms with van der Waals surface area (Å²) in [6.07, 6.45) is 1.28. The van der Waals surface area contributed by atoms with Gasteiger partial charge < -0.3 is 10.2 Å². The molecule has 1 unspecified atom stereocenters. The molecule has 0 amide bonds. The first kappa shape index (κ1) is 15.7. The average Bonchev–Trinajstić information content (AvgIpc) is 2.48. The quantitative estimate of drug-likeness (QED) is 0.859. The number of anilines is 1. The number of nitrogens with zero attached hydrogens (tertiary/aromatic N) is 1. The molecule has 1 N–H and O–H groups in total. The van der Waals surface area contributed by atoms with Gasteiger partial charge in [-0.25, -0.2) is 0 Å². The highest BCUT2D eigenvalue weighted by Crippen LogP contribution is 2.25. The van der Waals surface area contributed by atoms with Gasteiger partial charge in [-0.1, -0.05) is 32.9 Å². The third-order valence-electron chi connectivity index (χ3n) is 3.78. The van der Waals surface area contributed by atoms with Gasteiger partial charge in [0.15, 0.2) is 0 Å². The van der Waals surface area contributed by atoms with Crippen molar-refractivity contribution in [1.29, 1.82) is 0 Å². The fraction of sp³-hybridized carbons (Fsp3) is 0.647. The predicted octanol–water partition coefficient (Wildman–Crippen LogP) is 3.76. The molecule has 1 aromatic rings. The van der Waals surface area contributed by atoms with Gasteiger partial charge in [0.25, 0.3) is 0 Å². The van der Waals surface area contributed by atoms with Crippen LogP contribution in [0.3, 0.4) is 0 Å². The van der Waals surface area contributed by atoms with Crippen molar-refractivity contribution in [2.24, 2.45) is 5.92 Å². The van der Waals surface area contributed by atoms with Crippen LogP contribution in [0, 0.1) is 5.92 Å². The third-order valence-corrected chi connectivity index (χ3v) is 5.15. The Balaban J connectivity index is 1.87. The second kappa shape index (κ2) is 7.94. The molecule has 0 bridgehead atoms. The molecule has 0 saturated carbocycles. The average molecular weight is 292 g/mol. The molecule has 1 atom stereocenters. The molecule has 1 fully saturated rings. The summed E-state index contributed by atoms with van der Waals surface area (Å²) < 4.78 is 0. The highest BCUT2D eigenvalue weighted by atomic mass is 32.2. The Kier molecular flexibility index (Phi) is 6.24. The third kappa shape index (κ3) is 4.71. The summed E-state index contributed by atoms with van der Waals surface area (Å²) in [5.74, 6) is 1.97. The SMILES string of the molecule is CCC1CN(c2ccc(CNCC(C)C)cc2)CCS1. The molecule has 1 heterocycles. The van der Waals surface area contributed by atoms with Crippen LogP contribution in [0.15, 0.2) is 24.3 Å². The van der Waals surface area contributed by atoms with E-state index in [2.05, 4.69) is 67.0 Å². The number of hydrogen-bond donors (Lipinski definition) is 1. The van der Waals surface area contributed by atoms with Crippen LogP contribution >= 0.6 is 11.8 Å². The normalized spacial score (nSPS) is 19.6. The van der Waals surface area contributed by atoms with E-state index in [9.17, 15) is 0 Å². The van der Waals surface area contributed by atoms with Gasteiger partial charge in [-0.05, 0) is 36.6 Å². The van der Waals surface area contributed by atoms with Crippen LogP contribution < -0.4 is 10.2 Å². The van der Waals surface area contributed by atoms with E-state index in [0.717, 1.165) is 18.3 Å². The van der Waals surface area contributed by atoms with Gasteiger partial charge >= 0.3 is 0 Å². The summed E-state index contributed by atoms with van der Waals surface area (Å²) in [7, 11) is 0.